The van der Waals surface area contributed by atoms with Gasteiger partial charge >= 0.3 is 5.97 Å². The van der Waals surface area contributed by atoms with Crippen LogP contribution in [0.5, 0.6) is 11.5 Å². The maximum atomic E-state index is 12.0. The van der Waals surface area contributed by atoms with Crippen molar-refractivity contribution in [2.24, 2.45) is 0 Å². The van der Waals surface area contributed by atoms with Crippen LogP contribution in [0.4, 0.5) is 0 Å². The molecule has 1 atom stereocenters. The highest BCUT2D eigenvalue weighted by Gasteiger charge is 2.15. The van der Waals surface area contributed by atoms with E-state index < -0.39 is 5.60 Å². The molecule has 0 aliphatic heterocycles. The third-order valence-corrected chi connectivity index (χ3v) is 5.45. The zero-order valence-electron chi connectivity index (χ0n) is 20.9. The predicted octanol–water partition coefficient (Wildman–Crippen LogP) is 6.52. The summed E-state index contributed by atoms with van der Waals surface area (Å²) in [5, 5.41) is 30.5. The summed E-state index contributed by atoms with van der Waals surface area (Å²) in [5.74, 6) is -0.102. The van der Waals surface area contributed by atoms with Crippen molar-refractivity contribution < 1.29 is 24.9 Å². The topological polar surface area (TPSA) is 87.0 Å². The van der Waals surface area contributed by atoms with Crippen LogP contribution in [-0.2, 0) is 9.53 Å². The SMILES string of the molecule is COC(=O)/C(=C/CC/C(C)=C/CC[C@](C)(O)/C=C\c1cc(O)c(C)cc1O)CCC=C(C)C. The van der Waals surface area contributed by atoms with E-state index in [0.717, 1.165) is 19.3 Å². The molecule has 1 aromatic rings. The van der Waals surface area contributed by atoms with Gasteiger partial charge in [-0.1, -0.05) is 41.5 Å². The van der Waals surface area contributed by atoms with Gasteiger partial charge in [0.15, 0.2) is 0 Å². The molecule has 33 heavy (non-hydrogen) atoms. The van der Waals surface area contributed by atoms with Crippen LogP contribution in [0.25, 0.3) is 6.08 Å². The van der Waals surface area contributed by atoms with E-state index in [4.69, 9.17) is 4.74 Å². The summed E-state index contributed by atoms with van der Waals surface area (Å²) in [7, 11) is 1.41. The predicted molar refractivity (Wildman–Crippen MR) is 135 cm³/mol. The van der Waals surface area contributed by atoms with Gasteiger partial charge in [-0.2, -0.15) is 0 Å². The fourth-order valence-corrected chi connectivity index (χ4v) is 3.31. The van der Waals surface area contributed by atoms with Gasteiger partial charge in [0.2, 0.25) is 0 Å². The van der Waals surface area contributed by atoms with E-state index in [9.17, 15) is 20.1 Å². The molecule has 0 aliphatic rings. The fraction of sp³-hybridized carbons (Fsp3) is 0.464. The highest BCUT2D eigenvalue weighted by molar-refractivity contribution is 5.88. The Morgan fingerprint density at radius 3 is 2.30 bits per heavy atom. The number of carbonyl (C=O) groups excluding carboxylic acids is 1. The van der Waals surface area contributed by atoms with Crippen molar-refractivity contribution in [3.05, 3.63) is 64.3 Å². The van der Waals surface area contributed by atoms with Crippen LogP contribution in [0.15, 0.2) is 53.2 Å². The minimum absolute atomic E-state index is 0.0633. The molecule has 0 aliphatic carbocycles. The Morgan fingerprint density at radius 1 is 1.00 bits per heavy atom. The summed E-state index contributed by atoms with van der Waals surface area (Å²) in [6.45, 7) is 9.56. The van der Waals surface area contributed by atoms with Gasteiger partial charge in [0.05, 0.1) is 12.7 Å². The quantitative estimate of drug-likeness (QED) is 0.144. The molecule has 0 unspecified atom stereocenters. The Hall–Kier alpha value is -2.79. The second-order valence-electron chi connectivity index (χ2n) is 9.06. The Bertz CT molecular complexity index is 912. The molecule has 0 saturated carbocycles. The largest absolute Gasteiger partial charge is 0.508 e. The van der Waals surface area contributed by atoms with Crippen LogP contribution in [0.3, 0.4) is 0 Å². The normalized spacial score (nSPS) is 14.3. The van der Waals surface area contributed by atoms with E-state index in [1.165, 1.54) is 30.4 Å². The lowest BCUT2D eigenvalue weighted by Crippen LogP contribution is -2.19. The minimum atomic E-state index is -1.05. The number of rotatable bonds is 12. The average Bonchev–Trinajstić information content (AvgIpc) is 2.73. The number of esters is 1. The van der Waals surface area contributed by atoms with Gasteiger partial charge in [-0.25, -0.2) is 4.79 Å². The fourth-order valence-electron chi connectivity index (χ4n) is 3.31. The van der Waals surface area contributed by atoms with Crippen LogP contribution < -0.4 is 0 Å². The van der Waals surface area contributed by atoms with Crippen molar-refractivity contribution in [1.29, 1.82) is 0 Å². The molecule has 1 rings (SSSR count). The standard InChI is InChI=1S/C28H40O5/c1-20(2)10-7-13-23(27(31)33-6)14-8-11-21(3)12-9-16-28(5,32)17-15-24-19-25(29)22(4)18-26(24)30/h10,12,14-15,17-19,29-30,32H,7-9,11,13,16H2,1-6H3/b17-15-,21-12+,23-14+/t28-/m0/s1. The number of allylic oxidation sites excluding steroid dienone is 5. The summed E-state index contributed by atoms with van der Waals surface area (Å²) in [6.07, 6.45) is 13.7. The molecule has 5 nitrogen and oxygen atoms in total. The maximum Gasteiger partial charge on any atom is 0.333 e. The third-order valence-electron chi connectivity index (χ3n) is 5.45. The summed E-state index contributed by atoms with van der Waals surface area (Å²) in [6, 6.07) is 2.98. The van der Waals surface area contributed by atoms with Crippen molar-refractivity contribution in [2.45, 2.75) is 78.7 Å². The number of carbonyl (C=O) groups is 1. The Morgan fingerprint density at radius 2 is 1.67 bits per heavy atom. The smallest absolute Gasteiger partial charge is 0.333 e. The van der Waals surface area contributed by atoms with Gasteiger partial charge in [0.1, 0.15) is 11.5 Å². The summed E-state index contributed by atoms with van der Waals surface area (Å²) >= 11 is 0. The zero-order valence-corrected chi connectivity index (χ0v) is 20.9. The first-order valence-corrected chi connectivity index (χ1v) is 11.5. The van der Waals surface area contributed by atoms with Crippen molar-refractivity contribution in [3.8, 4) is 11.5 Å². The van der Waals surface area contributed by atoms with Crippen molar-refractivity contribution in [3.63, 3.8) is 0 Å². The second-order valence-corrected chi connectivity index (χ2v) is 9.06. The molecule has 0 aromatic heterocycles. The lowest BCUT2D eigenvalue weighted by Gasteiger charge is -2.18. The van der Waals surface area contributed by atoms with Crippen LogP contribution in [0.2, 0.25) is 0 Å². The van der Waals surface area contributed by atoms with E-state index in [-0.39, 0.29) is 17.5 Å². The number of phenolic OH excluding ortho intramolecular Hbond substituents is 2. The van der Waals surface area contributed by atoms with Gasteiger partial charge in [-0.15, -0.1) is 0 Å². The first-order valence-electron chi connectivity index (χ1n) is 11.5. The molecule has 182 valence electrons. The first-order chi connectivity index (χ1) is 15.4. The molecule has 0 heterocycles. The Balaban J connectivity index is 2.62. The third kappa shape index (κ3) is 11.1. The number of aryl methyl sites for hydroxylation is 1. The molecule has 1 aromatic carbocycles. The molecule has 0 bridgehead atoms. The monoisotopic (exact) mass is 456 g/mol. The van der Waals surface area contributed by atoms with Gasteiger partial charge in [0.25, 0.3) is 0 Å². The number of benzene rings is 1. The van der Waals surface area contributed by atoms with Crippen molar-refractivity contribution in [1.82, 2.24) is 0 Å². The molecular formula is C28H40O5. The Kier molecular flexibility index (Phi) is 11.7. The molecule has 0 fully saturated rings. The van der Waals surface area contributed by atoms with Crippen LogP contribution in [0, 0.1) is 6.92 Å². The lowest BCUT2D eigenvalue weighted by atomic mass is 9.96. The van der Waals surface area contributed by atoms with Crippen LogP contribution >= 0.6 is 0 Å². The van der Waals surface area contributed by atoms with Gasteiger partial charge in [-0.3, -0.25) is 0 Å². The van der Waals surface area contributed by atoms with Gasteiger partial charge < -0.3 is 20.1 Å². The van der Waals surface area contributed by atoms with E-state index in [2.05, 4.69) is 12.2 Å². The molecule has 5 heteroatoms. The summed E-state index contributed by atoms with van der Waals surface area (Å²) < 4.78 is 4.90. The van der Waals surface area contributed by atoms with E-state index in [1.54, 1.807) is 26.0 Å². The Labute approximate surface area is 198 Å². The second kappa shape index (κ2) is 13.7. The number of phenols is 2. The zero-order chi connectivity index (χ0) is 25.0. The number of ether oxygens (including phenoxy) is 1. The first kappa shape index (κ1) is 28.2. The molecule has 0 saturated heterocycles. The number of hydrogen-bond donors (Lipinski definition) is 3. The maximum absolute atomic E-state index is 12.0. The molecule has 0 radical (unpaired) electrons. The van der Waals surface area contributed by atoms with Crippen LogP contribution in [0.1, 0.15) is 77.3 Å². The molecule has 0 amide bonds. The molecule has 0 spiro atoms. The average molecular weight is 457 g/mol. The summed E-state index contributed by atoms with van der Waals surface area (Å²) in [5.41, 5.74) is 3.15. The van der Waals surface area contributed by atoms with E-state index in [1.807, 2.05) is 26.8 Å². The van der Waals surface area contributed by atoms with Gasteiger partial charge in [0, 0.05) is 11.1 Å². The van der Waals surface area contributed by atoms with Gasteiger partial charge in [-0.05, 0) is 90.8 Å². The summed E-state index contributed by atoms with van der Waals surface area (Å²) in [4.78, 5) is 12.0. The highest BCUT2D eigenvalue weighted by atomic mass is 16.5. The number of hydrogen-bond acceptors (Lipinski definition) is 5. The minimum Gasteiger partial charge on any atom is -0.508 e. The number of aromatic hydroxyl groups is 2. The molecular weight excluding hydrogens is 416 g/mol. The highest BCUT2D eigenvalue weighted by Crippen LogP contribution is 2.28. The van der Waals surface area contributed by atoms with Crippen LogP contribution in [-0.4, -0.2) is 34.0 Å². The number of aliphatic hydroxyl groups is 1. The lowest BCUT2D eigenvalue weighted by molar-refractivity contribution is -0.136. The van der Waals surface area contributed by atoms with Crippen molar-refractivity contribution >= 4 is 12.0 Å². The van der Waals surface area contributed by atoms with E-state index in [0.29, 0.717) is 36.0 Å². The molecule has 3 N–H and O–H groups in total. The number of methoxy groups -OCH3 is 1. The van der Waals surface area contributed by atoms with Crippen molar-refractivity contribution in [2.75, 3.05) is 7.11 Å². The van der Waals surface area contributed by atoms with E-state index >= 15 is 0 Å².